The van der Waals surface area contributed by atoms with Gasteiger partial charge in [-0.3, -0.25) is 4.79 Å². The Labute approximate surface area is 97.2 Å². The van der Waals surface area contributed by atoms with Gasteiger partial charge in [-0.2, -0.15) is 5.26 Å². The van der Waals surface area contributed by atoms with Crippen LogP contribution in [0.1, 0.15) is 5.69 Å². The quantitative estimate of drug-likeness (QED) is 0.857. The maximum Gasteiger partial charge on any atom is 0.256 e. The van der Waals surface area contributed by atoms with Crippen molar-refractivity contribution in [2.75, 3.05) is 0 Å². The van der Waals surface area contributed by atoms with Crippen LogP contribution in [0.4, 0.5) is 4.39 Å². The Morgan fingerprint density at radius 3 is 2.76 bits per heavy atom. The van der Waals surface area contributed by atoms with Crippen molar-refractivity contribution in [3.8, 4) is 17.2 Å². The Bertz CT molecular complexity index is 640. The lowest BCUT2D eigenvalue weighted by Crippen LogP contribution is -2.10. The lowest BCUT2D eigenvalue weighted by Gasteiger charge is -2.02. The third-order valence-corrected chi connectivity index (χ3v) is 2.38. The minimum Gasteiger partial charge on any atom is -0.325 e. The summed E-state index contributed by atoms with van der Waals surface area (Å²) >= 11 is 0. The molecule has 2 rings (SSSR count). The lowest BCUT2D eigenvalue weighted by molar-refractivity contribution is 0.628. The highest BCUT2D eigenvalue weighted by Crippen LogP contribution is 2.16. The number of nitrogens with one attached hydrogen (secondary N) is 1. The Hall–Kier alpha value is -2.41. The van der Waals surface area contributed by atoms with Gasteiger partial charge in [0.15, 0.2) is 0 Å². The SMILES string of the molecule is N#CCc1ccc(-c2cccc(F)c2)c(=O)[nH]1. The molecule has 0 aliphatic carbocycles. The molecule has 17 heavy (non-hydrogen) atoms. The molecule has 84 valence electrons. The van der Waals surface area contributed by atoms with Crippen molar-refractivity contribution in [1.29, 1.82) is 5.26 Å². The smallest absolute Gasteiger partial charge is 0.256 e. The molecular weight excluding hydrogens is 219 g/mol. The maximum atomic E-state index is 13.0. The first kappa shape index (κ1) is 11.1. The minimum absolute atomic E-state index is 0.151. The molecule has 0 atom stereocenters. The van der Waals surface area contributed by atoms with Gasteiger partial charge in [-0.25, -0.2) is 4.39 Å². The molecule has 0 fully saturated rings. The molecular formula is C13H9FN2O. The normalized spacial score (nSPS) is 9.88. The highest BCUT2D eigenvalue weighted by molar-refractivity contribution is 5.62. The number of pyridine rings is 1. The van der Waals surface area contributed by atoms with E-state index >= 15 is 0 Å². The summed E-state index contributed by atoms with van der Waals surface area (Å²) in [7, 11) is 0. The molecule has 0 radical (unpaired) electrons. The van der Waals surface area contributed by atoms with Gasteiger partial charge in [0.05, 0.1) is 12.5 Å². The van der Waals surface area contributed by atoms with E-state index in [4.69, 9.17) is 5.26 Å². The summed E-state index contributed by atoms with van der Waals surface area (Å²) in [5, 5.41) is 8.51. The first-order valence-corrected chi connectivity index (χ1v) is 5.06. The second kappa shape index (κ2) is 4.62. The van der Waals surface area contributed by atoms with Crippen molar-refractivity contribution >= 4 is 0 Å². The van der Waals surface area contributed by atoms with Gasteiger partial charge in [0, 0.05) is 11.3 Å². The van der Waals surface area contributed by atoms with E-state index in [9.17, 15) is 9.18 Å². The number of halogens is 1. The molecule has 1 N–H and O–H groups in total. The van der Waals surface area contributed by atoms with E-state index < -0.39 is 0 Å². The van der Waals surface area contributed by atoms with Crippen molar-refractivity contribution < 1.29 is 4.39 Å². The van der Waals surface area contributed by atoms with Gasteiger partial charge in [-0.15, -0.1) is 0 Å². The molecule has 4 heteroatoms. The van der Waals surface area contributed by atoms with Crippen molar-refractivity contribution in [2.45, 2.75) is 6.42 Å². The van der Waals surface area contributed by atoms with Crippen molar-refractivity contribution in [3.05, 3.63) is 58.3 Å². The Kier molecular flexibility index (Phi) is 3.01. The second-order valence-corrected chi connectivity index (χ2v) is 3.57. The van der Waals surface area contributed by atoms with Gasteiger partial charge < -0.3 is 4.98 Å². The number of hydrogen-bond acceptors (Lipinski definition) is 2. The fourth-order valence-corrected chi connectivity index (χ4v) is 1.59. The highest BCUT2D eigenvalue weighted by atomic mass is 19.1. The third-order valence-electron chi connectivity index (χ3n) is 2.38. The van der Waals surface area contributed by atoms with E-state index in [1.54, 1.807) is 24.3 Å². The maximum absolute atomic E-state index is 13.0. The Balaban J connectivity index is 2.48. The van der Waals surface area contributed by atoms with Crippen LogP contribution >= 0.6 is 0 Å². The van der Waals surface area contributed by atoms with Crippen LogP contribution in [0.5, 0.6) is 0 Å². The van der Waals surface area contributed by atoms with Gasteiger partial charge in [0.2, 0.25) is 0 Å². The zero-order valence-corrected chi connectivity index (χ0v) is 8.90. The van der Waals surface area contributed by atoms with Crippen LogP contribution in [0.3, 0.4) is 0 Å². The predicted octanol–water partition coefficient (Wildman–Crippen LogP) is 2.25. The molecule has 0 saturated heterocycles. The van der Waals surface area contributed by atoms with E-state index in [1.807, 2.05) is 6.07 Å². The van der Waals surface area contributed by atoms with Crippen molar-refractivity contribution in [1.82, 2.24) is 4.98 Å². The molecule has 0 saturated carbocycles. The zero-order valence-electron chi connectivity index (χ0n) is 8.90. The summed E-state index contributed by atoms with van der Waals surface area (Å²) in [6.45, 7) is 0. The molecule has 2 aromatic rings. The second-order valence-electron chi connectivity index (χ2n) is 3.57. The van der Waals surface area contributed by atoms with Crippen LogP contribution < -0.4 is 5.56 Å². The monoisotopic (exact) mass is 228 g/mol. The molecule has 1 heterocycles. The van der Waals surface area contributed by atoms with Crippen LogP contribution in [0.25, 0.3) is 11.1 Å². The highest BCUT2D eigenvalue weighted by Gasteiger charge is 2.04. The number of nitrogens with zero attached hydrogens (tertiary/aromatic N) is 1. The van der Waals surface area contributed by atoms with Crippen LogP contribution in [0.15, 0.2) is 41.2 Å². The van der Waals surface area contributed by atoms with Crippen LogP contribution in [-0.2, 0) is 6.42 Å². The van der Waals surface area contributed by atoms with E-state index in [1.165, 1.54) is 12.1 Å². The number of benzene rings is 1. The van der Waals surface area contributed by atoms with Gasteiger partial charge in [0.25, 0.3) is 5.56 Å². The zero-order chi connectivity index (χ0) is 12.3. The lowest BCUT2D eigenvalue weighted by atomic mass is 10.1. The third kappa shape index (κ3) is 2.40. The minimum atomic E-state index is -0.386. The number of H-pyrrole nitrogens is 1. The van der Waals surface area contributed by atoms with E-state index in [0.717, 1.165) is 0 Å². The summed E-state index contributed by atoms with van der Waals surface area (Å²) in [4.78, 5) is 14.3. The molecule has 1 aromatic heterocycles. The van der Waals surface area contributed by atoms with Gasteiger partial charge in [-0.05, 0) is 29.8 Å². The van der Waals surface area contributed by atoms with Crippen LogP contribution in [-0.4, -0.2) is 4.98 Å². The number of nitriles is 1. The molecule has 0 spiro atoms. The number of aromatic nitrogens is 1. The Morgan fingerprint density at radius 1 is 1.29 bits per heavy atom. The first-order valence-electron chi connectivity index (χ1n) is 5.06. The van der Waals surface area contributed by atoms with Gasteiger partial charge >= 0.3 is 0 Å². The Morgan fingerprint density at radius 2 is 2.12 bits per heavy atom. The largest absolute Gasteiger partial charge is 0.325 e. The fraction of sp³-hybridized carbons (Fsp3) is 0.0769. The standard InChI is InChI=1S/C13H9FN2O/c14-10-3-1-2-9(8-10)12-5-4-11(6-7-15)16-13(12)17/h1-5,8H,6H2,(H,16,17). The van der Waals surface area contributed by atoms with Crippen molar-refractivity contribution in [2.24, 2.45) is 0 Å². The van der Waals surface area contributed by atoms with Gasteiger partial charge in [-0.1, -0.05) is 12.1 Å². The molecule has 0 unspecified atom stereocenters. The molecule has 0 bridgehead atoms. The van der Waals surface area contributed by atoms with Crippen molar-refractivity contribution in [3.63, 3.8) is 0 Å². The fourth-order valence-electron chi connectivity index (χ4n) is 1.59. The topological polar surface area (TPSA) is 56.6 Å². The number of hydrogen-bond donors (Lipinski definition) is 1. The van der Waals surface area contributed by atoms with Gasteiger partial charge in [0.1, 0.15) is 5.82 Å². The average molecular weight is 228 g/mol. The summed E-state index contributed by atoms with van der Waals surface area (Å²) in [6.07, 6.45) is 0.151. The van der Waals surface area contributed by atoms with E-state index in [2.05, 4.69) is 4.98 Å². The predicted molar refractivity (Wildman–Crippen MR) is 61.8 cm³/mol. The molecule has 0 amide bonds. The van der Waals surface area contributed by atoms with E-state index in [0.29, 0.717) is 16.8 Å². The summed E-state index contributed by atoms with van der Waals surface area (Å²) in [5.74, 6) is -0.386. The summed E-state index contributed by atoms with van der Waals surface area (Å²) in [5.41, 5.74) is 1.15. The molecule has 0 aliphatic rings. The molecule has 3 nitrogen and oxygen atoms in total. The number of rotatable bonds is 2. The van der Waals surface area contributed by atoms with Crippen LogP contribution in [0, 0.1) is 17.1 Å². The van der Waals surface area contributed by atoms with Crippen LogP contribution in [0.2, 0.25) is 0 Å². The molecule has 0 aliphatic heterocycles. The molecule has 1 aromatic carbocycles. The summed E-state index contributed by atoms with van der Waals surface area (Å²) < 4.78 is 13.0. The number of aromatic amines is 1. The first-order chi connectivity index (χ1) is 8.20. The van der Waals surface area contributed by atoms with E-state index in [-0.39, 0.29) is 17.8 Å². The summed E-state index contributed by atoms with van der Waals surface area (Å²) in [6, 6.07) is 11.0. The average Bonchev–Trinajstić information content (AvgIpc) is 2.29.